The molecule has 2 aromatic heterocycles. The van der Waals surface area contributed by atoms with Crippen LogP contribution in [0.5, 0.6) is 0 Å². The summed E-state index contributed by atoms with van der Waals surface area (Å²) in [7, 11) is 2.67. The van der Waals surface area contributed by atoms with Crippen LogP contribution in [0, 0.1) is 5.92 Å². The number of tetrazole rings is 1. The van der Waals surface area contributed by atoms with Gasteiger partial charge in [0.25, 0.3) is 5.56 Å². The number of amides is 2. The molecule has 2 amide bonds. The Labute approximate surface area is 274 Å². The van der Waals surface area contributed by atoms with E-state index in [1.807, 2.05) is 0 Å². The first-order valence-corrected chi connectivity index (χ1v) is 15.2. The van der Waals surface area contributed by atoms with E-state index in [-0.39, 0.29) is 18.3 Å². The summed E-state index contributed by atoms with van der Waals surface area (Å²) in [5.74, 6) is -0.767. The van der Waals surface area contributed by atoms with Gasteiger partial charge >= 0.3 is 12.1 Å². The van der Waals surface area contributed by atoms with Gasteiger partial charge in [0.2, 0.25) is 5.91 Å². The topological polar surface area (TPSA) is 174 Å². The molecule has 4 aromatic rings. The molecule has 2 N–H and O–H groups in total. The monoisotopic (exact) mass is 660 g/mol. The zero-order chi connectivity index (χ0) is 33.3. The smallest absolute Gasteiger partial charge is 0.409 e. The standard InChI is InChI=1S/C32H33ClN8O6/c1-46-30(43)15-20-5-7-22(8-6-20)25-17-27(36-37-31(25)44)26(14-21-4-3-13-40(18-21)32(45)47-2)35-29(42)12-9-23-16-24(33)10-11-28(23)41-19-34-38-39-41/h5-12,16-17,19,21,26H,3-4,13-15,18H2,1-2H3,(H,35,42)(H,37,44)/b12-9+/t21?,26-/m0/s1. The summed E-state index contributed by atoms with van der Waals surface area (Å²) in [5, 5.41) is 21.7. The third-order valence-corrected chi connectivity index (χ3v) is 8.09. The van der Waals surface area contributed by atoms with E-state index in [9.17, 15) is 19.2 Å². The number of methoxy groups -OCH3 is 2. The maximum Gasteiger partial charge on any atom is 0.409 e. The Morgan fingerprint density at radius 3 is 2.66 bits per heavy atom. The van der Waals surface area contributed by atoms with Gasteiger partial charge in [-0.3, -0.25) is 14.4 Å². The molecule has 1 aliphatic heterocycles. The van der Waals surface area contributed by atoms with Crippen LogP contribution in [0.4, 0.5) is 4.79 Å². The third kappa shape index (κ3) is 8.47. The first-order valence-electron chi connectivity index (χ1n) is 14.8. The van der Waals surface area contributed by atoms with E-state index in [1.54, 1.807) is 59.5 Å². The normalized spacial score (nSPS) is 15.3. The molecule has 3 heterocycles. The van der Waals surface area contributed by atoms with E-state index in [0.717, 1.165) is 18.4 Å². The quantitative estimate of drug-likeness (QED) is 0.189. The molecular weight excluding hydrogens is 628 g/mol. The number of carbonyl (C=O) groups excluding carboxylic acids is 3. The summed E-state index contributed by atoms with van der Waals surface area (Å²) >= 11 is 6.24. The van der Waals surface area contributed by atoms with Crippen LogP contribution < -0.4 is 10.9 Å². The Balaban J connectivity index is 1.42. The lowest BCUT2D eigenvalue weighted by Gasteiger charge is -2.33. The minimum Gasteiger partial charge on any atom is -0.469 e. The summed E-state index contributed by atoms with van der Waals surface area (Å²) in [6, 6.07) is 13.1. The van der Waals surface area contributed by atoms with Crippen molar-refractivity contribution in [3.63, 3.8) is 0 Å². The Morgan fingerprint density at radius 2 is 1.94 bits per heavy atom. The van der Waals surface area contributed by atoms with Crippen molar-refractivity contribution in [2.24, 2.45) is 5.92 Å². The Kier molecular flexibility index (Phi) is 10.7. The van der Waals surface area contributed by atoms with Crippen LogP contribution in [0.2, 0.25) is 5.02 Å². The minimum atomic E-state index is -0.623. The van der Waals surface area contributed by atoms with Crippen molar-refractivity contribution in [3.05, 3.63) is 93.1 Å². The van der Waals surface area contributed by atoms with E-state index in [0.29, 0.717) is 52.6 Å². The van der Waals surface area contributed by atoms with Gasteiger partial charge in [0, 0.05) is 29.8 Å². The van der Waals surface area contributed by atoms with Crippen molar-refractivity contribution in [1.29, 1.82) is 0 Å². The van der Waals surface area contributed by atoms with Crippen LogP contribution >= 0.6 is 11.6 Å². The number of hydrogen-bond acceptors (Lipinski definition) is 10. The van der Waals surface area contributed by atoms with Gasteiger partial charge < -0.3 is 19.7 Å². The molecule has 1 fully saturated rings. The number of benzene rings is 2. The maximum absolute atomic E-state index is 13.4. The highest BCUT2D eigenvalue weighted by molar-refractivity contribution is 6.30. The van der Waals surface area contributed by atoms with Gasteiger partial charge in [-0.05, 0) is 77.1 Å². The number of carbonyl (C=O) groups is 3. The zero-order valence-corrected chi connectivity index (χ0v) is 26.5. The van der Waals surface area contributed by atoms with Crippen LogP contribution in [0.1, 0.15) is 42.1 Å². The highest BCUT2D eigenvalue weighted by Crippen LogP contribution is 2.29. The number of rotatable bonds is 10. The van der Waals surface area contributed by atoms with Gasteiger partial charge in [0.15, 0.2) is 0 Å². The number of ether oxygens (including phenoxy) is 2. The number of aromatic amines is 1. The van der Waals surface area contributed by atoms with Gasteiger partial charge in [-0.25, -0.2) is 9.89 Å². The molecule has 0 bridgehead atoms. The fourth-order valence-corrected chi connectivity index (χ4v) is 5.70. The highest BCUT2D eigenvalue weighted by atomic mass is 35.5. The van der Waals surface area contributed by atoms with Gasteiger partial charge in [-0.1, -0.05) is 35.9 Å². The van der Waals surface area contributed by atoms with Crippen LogP contribution in [0.15, 0.2) is 65.7 Å². The predicted octanol–water partition coefficient (Wildman–Crippen LogP) is 3.52. The van der Waals surface area contributed by atoms with Crippen molar-refractivity contribution in [1.82, 2.24) is 40.6 Å². The summed E-state index contributed by atoms with van der Waals surface area (Å²) in [6.45, 7) is 1.03. The van der Waals surface area contributed by atoms with Crippen molar-refractivity contribution >= 4 is 35.6 Å². The fourth-order valence-electron chi connectivity index (χ4n) is 5.52. The number of nitrogens with one attached hydrogen (secondary N) is 2. The second-order valence-corrected chi connectivity index (χ2v) is 11.4. The molecule has 47 heavy (non-hydrogen) atoms. The second-order valence-electron chi connectivity index (χ2n) is 11.0. The molecule has 0 radical (unpaired) electrons. The van der Waals surface area contributed by atoms with Crippen molar-refractivity contribution in [2.45, 2.75) is 31.7 Å². The summed E-state index contributed by atoms with van der Waals surface area (Å²) < 4.78 is 11.1. The molecule has 2 aromatic carbocycles. The number of esters is 1. The molecule has 1 aliphatic rings. The lowest BCUT2D eigenvalue weighted by atomic mass is 9.89. The van der Waals surface area contributed by atoms with Gasteiger partial charge in [0.05, 0.1) is 43.6 Å². The first kappa shape index (κ1) is 33.0. The van der Waals surface area contributed by atoms with Gasteiger partial charge in [-0.2, -0.15) is 9.78 Å². The number of nitrogens with zero attached hydrogens (tertiary/aromatic N) is 6. The van der Waals surface area contributed by atoms with Crippen LogP contribution in [0.3, 0.4) is 0 Å². The number of piperidine rings is 1. The SMILES string of the molecule is COC(=O)Cc1ccc(-c2cc([C@H](CC3CCCN(C(=O)OC)C3)NC(=O)/C=C/c3cc(Cl)ccc3-n3cnnn3)n[nH]c2=O)cc1. The molecule has 15 heteroatoms. The molecular formula is C32H33ClN8O6. The maximum atomic E-state index is 13.4. The number of likely N-dealkylation sites (tertiary alicyclic amines) is 1. The number of H-pyrrole nitrogens is 1. The van der Waals surface area contributed by atoms with Crippen molar-refractivity contribution < 1.29 is 23.9 Å². The molecule has 0 aliphatic carbocycles. The summed E-state index contributed by atoms with van der Waals surface area (Å²) in [5.41, 5.74) is 2.95. The van der Waals surface area contributed by atoms with E-state index >= 15 is 0 Å². The largest absolute Gasteiger partial charge is 0.469 e. The van der Waals surface area contributed by atoms with Crippen LogP contribution in [-0.2, 0) is 25.5 Å². The molecule has 14 nitrogen and oxygen atoms in total. The number of halogens is 1. The third-order valence-electron chi connectivity index (χ3n) is 7.86. The minimum absolute atomic E-state index is 0.0197. The summed E-state index contributed by atoms with van der Waals surface area (Å²) in [6.07, 6.45) is 6.16. The van der Waals surface area contributed by atoms with Crippen LogP contribution in [0.25, 0.3) is 22.9 Å². The molecule has 1 saturated heterocycles. The first-order chi connectivity index (χ1) is 22.7. The van der Waals surface area contributed by atoms with E-state index in [2.05, 4.69) is 31.0 Å². The predicted molar refractivity (Wildman–Crippen MR) is 171 cm³/mol. The van der Waals surface area contributed by atoms with E-state index < -0.39 is 23.6 Å². The van der Waals surface area contributed by atoms with Gasteiger partial charge in [-0.15, -0.1) is 5.10 Å². The lowest BCUT2D eigenvalue weighted by molar-refractivity contribution is -0.139. The molecule has 244 valence electrons. The number of aromatic nitrogens is 6. The molecule has 0 spiro atoms. The summed E-state index contributed by atoms with van der Waals surface area (Å²) in [4.78, 5) is 51.9. The molecule has 5 rings (SSSR count). The lowest BCUT2D eigenvalue weighted by Crippen LogP contribution is -2.41. The van der Waals surface area contributed by atoms with Crippen LogP contribution in [-0.4, -0.2) is 80.6 Å². The molecule has 0 saturated carbocycles. The van der Waals surface area contributed by atoms with E-state index in [4.69, 9.17) is 21.1 Å². The Bertz CT molecular complexity index is 1810. The second kappa shape index (κ2) is 15.3. The Morgan fingerprint density at radius 1 is 1.13 bits per heavy atom. The van der Waals surface area contributed by atoms with Crippen molar-refractivity contribution in [3.8, 4) is 16.8 Å². The average Bonchev–Trinajstić information content (AvgIpc) is 3.62. The zero-order valence-electron chi connectivity index (χ0n) is 25.8. The van der Waals surface area contributed by atoms with E-state index in [1.165, 1.54) is 31.3 Å². The van der Waals surface area contributed by atoms with Gasteiger partial charge in [0.1, 0.15) is 6.33 Å². The Hall–Kier alpha value is -5.37. The van der Waals surface area contributed by atoms with Crippen molar-refractivity contribution in [2.75, 3.05) is 27.3 Å². The fraction of sp³-hybridized carbons (Fsp3) is 0.312. The molecule has 2 atom stereocenters. The number of hydrogen-bond donors (Lipinski definition) is 2. The highest BCUT2D eigenvalue weighted by Gasteiger charge is 2.28. The molecule has 1 unspecified atom stereocenters. The average molecular weight is 661 g/mol.